The first kappa shape index (κ1) is 25.0. The van der Waals surface area contributed by atoms with Crippen molar-refractivity contribution in [1.29, 1.82) is 0 Å². The summed E-state index contributed by atoms with van der Waals surface area (Å²) >= 11 is 0. The Labute approximate surface area is 198 Å². The molecule has 2 aromatic carbocycles. The van der Waals surface area contributed by atoms with Gasteiger partial charge in [0.05, 0.1) is 26.2 Å². The van der Waals surface area contributed by atoms with Crippen LogP contribution >= 0.6 is 0 Å². The Morgan fingerprint density at radius 2 is 1.85 bits per heavy atom. The molecule has 0 aromatic heterocycles. The Kier molecular flexibility index (Phi) is 8.86. The standard InChI is InChI=1S/C25H31N3O6/c1-3-34-21-7-5-17(13-22(21)33-2)20(14-25(31)32)28-24(30)9-8-23(29)27-19-6-4-16-10-11-26-15-18(16)12-19/h4-7,12-13,20,26H,3,8-11,14-15H2,1-2H3,(H,27,29)(H,28,30)(H,31,32). The van der Waals surface area contributed by atoms with Gasteiger partial charge in [-0.25, -0.2) is 0 Å². The van der Waals surface area contributed by atoms with Crippen LogP contribution in [0, 0.1) is 0 Å². The van der Waals surface area contributed by atoms with Crippen LogP contribution in [0.25, 0.3) is 0 Å². The lowest BCUT2D eigenvalue weighted by Gasteiger charge is -2.19. The van der Waals surface area contributed by atoms with Crippen molar-refractivity contribution in [2.75, 3.05) is 25.6 Å². The van der Waals surface area contributed by atoms with Crippen LogP contribution < -0.4 is 25.4 Å². The number of carboxylic acids is 1. The number of hydrogen-bond donors (Lipinski definition) is 4. The van der Waals surface area contributed by atoms with Crippen molar-refractivity contribution in [1.82, 2.24) is 10.6 Å². The Morgan fingerprint density at radius 3 is 2.59 bits per heavy atom. The minimum absolute atomic E-state index is 0.0203. The van der Waals surface area contributed by atoms with Crippen LogP contribution in [-0.4, -0.2) is 43.2 Å². The molecule has 2 amide bonds. The van der Waals surface area contributed by atoms with Crippen LogP contribution in [-0.2, 0) is 27.3 Å². The molecule has 0 aliphatic carbocycles. The van der Waals surface area contributed by atoms with Crippen molar-refractivity contribution in [3.05, 3.63) is 53.1 Å². The van der Waals surface area contributed by atoms with Gasteiger partial charge in [-0.2, -0.15) is 0 Å². The molecule has 0 spiro atoms. The Hall–Kier alpha value is -3.59. The van der Waals surface area contributed by atoms with Crippen molar-refractivity contribution in [3.63, 3.8) is 0 Å². The normalized spacial score (nSPS) is 13.4. The number of fused-ring (bicyclic) bond motifs is 1. The van der Waals surface area contributed by atoms with Crippen LogP contribution in [0.3, 0.4) is 0 Å². The number of carbonyl (C=O) groups is 3. The summed E-state index contributed by atoms with van der Waals surface area (Å²) in [6.07, 6.45) is 0.565. The molecule has 9 heteroatoms. The van der Waals surface area contributed by atoms with Gasteiger partial charge in [-0.05, 0) is 60.8 Å². The lowest BCUT2D eigenvalue weighted by molar-refractivity contribution is -0.138. The van der Waals surface area contributed by atoms with Gasteiger partial charge in [-0.3, -0.25) is 14.4 Å². The lowest BCUT2D eigenvalue weighted by atomic mass is 10.0. The summed E-state index contributed by atoms with van der Waals surface area (Å²) in [5.74, 6) is -0.773. The molecule has 1 aliphatic heterocycles. The fourth-order valence-corrected chi connectivity index (χ4v) is 3.88. The number of aliphatic carboxylic acids is 1. The van der Waals surface area contributed by atoms with Gasteiger partial charge in [0, 0.05) is 25.1 Å². The van der Waals surface area contributed by atoms with Gasteiger partial charge in [0.1, 0.15) is 0 Å². The van der Waals surface area contributed by atoms with Crippen LogP contribution in [0.2, 0.25) is 0 Å². The van der Waals surface area contributed by atoms with E-state index in [9.17, 15) is 19.5 Å². The minimum Gasteiger partial charge on any atom is -0.493 e. The summed E-state index contributed by atoms with van der Waals surface area (Å²) in [7, 11) is 1.49. The molecule has 1 aliphatic rings. The average Bonchev–Trinajstić information content (AvgIpc) is 2.82. The molecule has 0 bridgehead atoms. The predicted octanol–water partition coefficient (Wildman–Crippen LogP) is 2.79. The first-order valence-electron chi connectivity index (χ1n) is 11.3. The maximum atomic E-state index is 12.5. The SMILES string of the molecule is CCOc1ccc(C(CC(=O)O)NC(=O)CCC(=O)Nc2ccc3c(c2)CNCC3)cc1OC. The number of amides is 2. The van der Waals surface area contributed by atoms with E-state index in [1.165, 1.54) is 12.7 Å². The predicted molar refractivity (Wildman–Crippen MR) is 127 cm³/mol. The summed E-state index contributed by atoms with van der Waals surface area (Å²) in [6, 6.07) is 10.1. The second kappa shape index (κ2) is 12.0. The van der Waals surface area contributed by atoms with Crippen molar-refractivity contribution >= 4 is 23.5 Å². The van der Waals surface area contributed by atoms with E-state index in [0.29, 0.717) is 29.4 Å². The summed E-state index contributed by atoms with van der Waals surface area (Å²) in [4.78, 5) is 36.3. The highest BCUT2D eigenvalue weighted by molar-refractivity contribution is 5.93. The third-order valence-corrected chi connectivity index (χ3v) is 5.56. The monoisotopic (exact) mass is 469 g/mol. The van der Waals surface area contributed by atoms with E-state index >= 15 is 0 Å². The van der Waals surface area contributed by atoms with Gasteiger partial charge in [0.25, 0.3) is 0 Å². The molecule has 4 N–H and O–H groups in total. The molecular weight excluding hydrogens is 438 g/mol. The zero-order valence-electron chi connectivity index (χ0n) is 19.5. The number of methoxy groups -OCH3 is 1. The summed E-state index contributed by atoms with van der Waals surface area (Å²) in [5.41, 5.74) is 3.69. The van der Waals surface area contributed by atoms with Gasteiger partial charge in [0.2, 0.25) is 11.8 Å². The summed E-state index contributed by atoms with van der Waals surface area (Å²) in [5, 5.41) is 18.2. The first-order valence-corrected chi connectivity index (χ1v) is 11.3. The zero-order chi connectivity index (χ0) is 24.5. The van der Waals surface area contributed by atoms with Gasteiger partial charge in [0.15, 0.2) is 11.5 Å². The molecule has 0 saturated carbocycles. The highest BCUT2D eigenvalue weighted by Crippen LogP contribution is 2.31. The number of nitrogens with one attached hydrogen (secondary N) is 3. The maximum absolute atomic E-state index is 12.5. The third kappa shape index (κ3) is 6.95. The van der Waals surface area contributed by atoms with E-state index in [2.05, 4.69) is 16.0 Å². The van der Waals surface area contributed by atoms with Crippen molar-refractivity contribution in [3.8, 4) is 11.5 Å². The molecule has 1 unspecified atom stereocenters. The van der Waals surface area contributed by atoms with Gasteiger partial charge < -0.3 is 30.5 Å². The molecule has 0 saturated heterocycles. The van der Waals surface area contributed by atoms with Crippen LogP contribution in [0.1, 0.15) is 48.9 Å². The fourth-order valence-electron chi connectivity index (χ4n) is 3.88. The first-order chi connectivity index (χ1) is 16.4. The van der Waals surface area contributed by atoms with E-state index in [1.54, 1.807) is 18.2 Å². The Balaban J connectivity index is 1.58. The largest absolute Gasteiger partial charge is 0.493 e. The van der Waals surface area contributed by atoms with Gasteiger partial charge in [-0.1, -0.05) is 12.1 Å². The number of benzene rings is 2. The average molecular weight is 470 g/mol. The molecule has 1 atom stereocenters. The number of carboxylic acid groups (broad SMARTS) is 1. The lowest BCUT2D eigenvalue weighted by Crippen LogP contribution is -2.31. The molecule has 2 aromatic rings. The molecule has 182 valence electrons. The van der Waals surface area contributed by atoms with Crippen LogP contribution in [0.4, 0.5) is 5.69 Å². The third-order valence-electron chi connectivity index (χ3n) is 5.56. The molecule has 0 fully saturated rings. The van der Waals surface area contributed by atoms with Crippen molar-refractivity contribution < 1.29 is 29.0 Å². The highest BCUT2D eigenvalue weighted by atomic mass is 16.5. The Bertz CT molecular complexity index is 1040. The van der Waals surface area contributed by atoms with Gasteiger partial charge >= 0.3 is 5.97 Å². The number of hydrogen-bond acceptors (Lipinski definition) is 6. The molecule has 1 heterocycles. The van der Waals surface area contributed by atoms with E-state index < -0.39 is 17.9 Å². The molecule has 3 rings (SSSR count). The smallest absolute Gasteiger partial charge is 0.305 e. The van der Waals surface area contributed by atoms with E-state index in [4.69, 9.17) is 9.47 Å². The topological polar surface area (TPSA) is 126 Å². The molecule has 0 radical (unpaired) electrons. The fraction of sp³-hybridized carbons (Fsp3) is 0.400. The summed E-state index contributed by atoms with van der Waals surface area (Å²) < 4.78 is 10.8. The Morgan fingerprint density at radius 1 is 1.06 bits per heavy atom. The second-order valence-electron chi connectivity index (χ2n) is 8.02. The van der Waals surface area contributed by atoms with E-state index in [-0.39, 0.29) is 25.2 Å². The summed E-state index contributed by atoms with van der Waals surface area (Å²) in [6.45, 7) is 4.01. The van der Waals surface area contributed by atoms with Crippen molar-refractivity contribution in [2.24, 2.45) is 0 Å². The van der Waals surface area contributed by atoms with Crippen molar-refractivity contribution in [2.45, 2.75) is 45.2 Å². The molecule has 9 nitrogen and oxygen atoms in total. The number of ether oxygens (including phenoxy) is 2. The maximum Gasteiger partial charge on any atom is 0.305 e. The van der Waals surface area contributed by atoms with Crippen LogP contribution in [0.5, 0.6) is 11.5 Å². The van der Waals surface area contributed by atoms with Gasteiger partial charge in [-0.15, -0.1) is 0 Å². The number of anilines is 1. The number of rotatable bonds is 11. The van der Waals surface area contributed by atoms with E-state index in [0.717, 1.165) is 25.1 Å². The quantitative estimate of drug-likeness (QED) is 0.399. The molecular formula is C25H31N3O6. The zero-order valence-corrected chi connectivity index (χ0v) is 19.5. The minimum atomic E-state index is -1.06. The highest BCUT2D eigenvalue weighted by Gasteiger charge is 2.20. The van der Waals surface area contributed by atoms with Crippen LogP contribution in [0.15, 0.2) is 36.4 Å². The number of carbonyl (C=O) groups excluding carboxylic acids is 2. The van der Waals surface area contributed by atoms with E-state index in [1.807, 2.05) is 25.1 Å². The second-order valence-corrected chi connectivity index (χ2v) is 8.02. The molecule has 34 heavy (non-hydrogen) atoms.